The molecule has 2 fully saturated rings. The van der Waals surface area contributed by atoms with E-state index in [1.807, 2.05) is 24.0 Å². The summed E-state index contributed by atoms with van der Waals surface area (Å²) in [6, 6.07) is 7.72. The van der Waals surface area contributed by atoms with E-state index in [1.165, 1.54) is 15.8 Å². The lowest BCUT2D eigenvalue weighted by molar-refractivity contribution is -0.908. The average Bonchev–Trinajstić information content (AvgIpc) is 3.11. The summed E-state index contributed by atoms with van der Waals surface area (Å²) in [5.41, 5.74) is 3.34. The van der Waals surface area contributed by atoms with Gasteiger partial charge in [-0.1, -0.05) is 18.2 Å². The number of carbonyl (C=O) groups excluding carboxylic acids is 2. The Kier molecular flexibility index (Phi) is 4.80. The fourth-order valence-electron chi connectivity index (χ4n) is 5.25. The van der Waals surface area contributed by atoms with Crippen molar-refractivity contribution < 1.29 is 19.2 Å². The minimum absolute atomic E-state index is 0.0603. The minimum atomic E-state index is -0.381. The predicted molar refractivity (Wildman–Crippen MR) is 109 cm³/mol. The molecule has 0 saturated carbocycles. The third-order valence-corrected chi connectivity index (χ3v) is 6.78. The highest BCUT2D eigenvalue weighted by molar-refractivity contribution is 5.97. The molecule has 1 aromatic carbocycles. The number of ether oxygens (including phenoxy) is 1. The molecule has 0 bridgehead atoms. The summed E-state index contributed by atoms with van der Waals surface area (Å²) in [6.07, 6.45) is 1.52. The molecule has 0 aliphatic carbocycles. The molecule has 154 valence electrons. The lowest BCUT2D eigenvalue weighted by Gasteiger charge is -2.46. The van der Waals surface area contributed by atoms with Crippen molar-refractivity contribution in [3.05, 3.63) is 35.5 Å². The van der Waals surface area contributed by atoms with E-state index >= 15 is 0 Å². The van der Waals surface area contributed by atoms with Gasteiger partial charge in [-0.25, -0.2) is 0 Å². The van der Waals surface area contributed by atoms with Crippen molar-refractivity contribution in [3.63, 3.8) is 0 Å². The summed E-state index contributed by atoms with van der Waals surface area (Å²) < 4.78 is 5.41. The number of benzene rings is 1. The van der Waals surface area contributed by atoms with Crippen LogP contribution in [-0.2, 0) is 20.7 Å². The number of nitrogens with one attached hydrogen (secondary N) is 2. The highest BCUT2D eigenvalue weighted by Gasteiger charge is 2.46. The van der Waals surface area contributed by atoms with Gasteiger partial charge in [0.2, 0.25) is 11.8 Å². The molecule has 2 amide bonds. The molecule has 1 aromatic heterocycles. The molecule has 7 heteroatoms. The normalized spacial score (nSPS) is 25.4. The van der Waals surface area contributed by atoms with Crippen LogP contribution in [0.3, 0.4) is 0 Å². The number of para-hydroxylation sites is 1. The number of aromatic amines is 1. The van der Waals surface area contributed by atoms with Crippen LogP contribution in [0.25, 0.3) is 10.9 Å². The standard InChI is InChI=1S/C22H28N4O3/c1-15-21-17(16-5-2-3-6-18(16)23-21)13-19-22(28)25(14-20(27)26(15)19)8-4-7-24-9-11-29-12-10-24/h2-3,5-6,15,19,23H,4,7-14H2,1H3/p+1/t15-,19+/m1/s1. The molecule has 5 rings (SSSR count). The third kappa shape index (κ3) is 3.22. The van der Waals surface area contributed by atoms with Crippen LogP contribution in [0.15, 0.2) is 24.3 Å². The van der Waals surface area contributed by atoms with Gasteiger partial charge in [-0.2, -0.15) is 0 Å². The molecule has 2 N–H and O–H groups in total. The number of hydrogen-bond donors (Lipinski definition) is 2. The van der Waals surface area contributed by atoms with E-state index in [0.29, 0.717) is 13.0 Å². The van der Waals surface area contributed by atoms with Gasteiger partial charge in [-0.3, -0.25) is 9.59 Å². The van der Waals surface area contributed by atoms with Crippen molar-refractivity contribution >= 4 is 22.7 Å². The largest absolute Gasteiger partial charge is 0.370 e. The van der Waals surface area contributed by atoms with Crippen LogP contribution in [0, 0.1) is 0 Å². The Morgan fingerprint density at radius 1 is 1.21 bits per heavy atom. The first-order valence-corrected chi connectivity index (χ1v) is 10.7. The molecule has 2 saturated heterocycles. The molecular formula is C22H29N4O3+. The Hall–Kier alpha value is -2.38. The Morgan fingerprint density at radius 3 is 2.83 bits per heavy atom. The van der Waals surface area contributed by atoms with Gasteiger partial charge in [0.05, 0.1) is 32.3 Å². The molecule has 0 spiro atoms. The van der Waals surface area contributed by atoms with Crippen LogP contribution < -0.4 is 4.90 Å². The number of morpholine rings is 1. The zero-order valence-electron chi connectivity index (χ0n) is 16.9. The molecule has 0 radical (unpaired) electrons. The number of quaternary nitrogens is 1. The first-order chi connectivity index (χ1) is 14.1. The number of H-pyrrole nitrogens is 1. The van der Waals surface area contributed by atoms with Gasteiger partial charge >= 0.3 is 0 Å². The summed E-state index contributed by atoms with van der Waals surface area (Å²) in [5, 5.41) is 1.17. The average molecular weight is 397 g/mol. The monoisotopic (exact) mass is 397 g/mol. The maximum atomic E-state index is 13.3. The number of nitrogens with zero attached hydrogens (tertiary/aromatic N) is 2. The van der Waals surface area contributed by atoms with Crippen LogP contribution in [-0.4, -0.2) is 78.6 Å². The Bertz CT molecular complexity index is 933. The Labute approximate surface area is 170 Å². The van der Waals surface area contributed by atoms with Gasteiger partial charge in [0.1, 0.15) is 19.1 Å². The van der Waals surface area contributed by atoms with Gasteiger partial charge in [0.15, 0.2) is 0 Å². The van der Waals surface area contributed by atoms with Gasteiger partial charge in [-0.15, -0.1) is 0 Å². The number of carbonyl (C=O) groups is 2. The lowest BCUT2D eigenvalue weighted by Crippen LogP contribution is -3.14. The van der Waals surface area contributed by atoms with Crippen LogP contribution in [0.5, 0.6) is 0 Å². The Balaban J connectivity index is 1.33. The number of rotatable bonds is 4. The fourth-order valence-corrected chi connectivity index (χ4v) is 5.25. The summed E-state index contributed by atoms with van der Waals surface area (Å²) in [7, 11) is 0. The molecule has 4 heterocycles. The molecule has 2 atom stereocenters. The lowest BCUT2D eigenvalue weighted by atomic mass is 9.90. The molecular weight excluding hydrogens is 368 g/mol. The quantitative estimate of drug-likeness (QED) is 0.771. The smallest absolute Gasteiger partial charge is 0.246 e. The second-order valence-corrected chi connectivity index (χ2v) is 8.49. The first kappa shape index (κ1) is 18.6. The van der Waals surface area contributed by atoms with Crippen molar-refractivity contribution in [2.75, 3.05) is 45.9 Å². The number of hydrogen-bond acceptors (Lipinski definition) is 3. The Morgan fingerprint density at radius 2 is 2.00 bits per heavy atom. The zero-order chi connectivity index (χ0) is 20.0. The van der Waals surface area contributed by atoms with E-state index in [1.54, 1.807) is 4.90 Å². The van der Waals surface area contributed by atoms with Gasteiger partial charge in [-0.05, 0) is 18.6 Å². The maximum absolute atomic E-state index is 13.3. The fraction of sp³-hybridized carbons (Fsp3) is 0.545. The van der Waals surface area contributed by atoms with E-state index < -0.39 is 0 Å². The van der Waals surface area contributed by atoms with Gasteiger partial charge in [0.25, 0.3) is 0 Å². The van der Waals surface area contributed by atoms with E-state index in [0.717, 1.165) is 50.5 Å². The molecule has 3 aliphatic heterocycles. The van der Waals surface area contributed by atoms with E-state index in [4.69, 9.17) is 4.74 Å². The zero-order valence-corrected chi connectivity index (χ0v) is 16.9. The molecule has 7 nitrogen and oxygen atoms in total. The first-order valence-electron chi connectivity index (χ1n) is 10.7. The molecule has 3 aliphatic rings. The van der Waals surface area contributed by atoms with Gasteiger partial charge < -0.3 is 24.4 Å². The second-order valence-electron chi connectivity index (χ2n) is 8.49. The van der Waals surface area contributed by atoms with Crippen LogP contribution in [0.2, 0.25) is 0 Å². The summed E-state index contributed by atoms with van der Waals surface area (Å²) in [4.78, 5) is 34.9. The summed E-state index contributed by atoms with van der Waals surface area (Å²) >= 11 is 0. The van der Waals surface area contributed by atoms with E-state index in [2.05, 4.69) is 17.1 Å². The van der Waals surface area contributed by atoms with Crippen molar-refractivity contribution in [1.82, 2.24) is 14.8 Å². The van der Waals surface area contributed by atoms with Crippen LogP contribution >= 0.6 is 0 Å². The summed E-state index contributed by atoms with van der Waals surface area (Å²) in [6.45, 7) is 7.62. The topological polar surface area (TPSA) is 70.1 Å². The van der Waals surface area contributed by atoms with Crippen LogP contribution in [0.4, 0.5) is 0 Å². The highest BCUT2D eigenvalue weighted by atomic mass is 16.5. The van der Waals surface area contributed by atoms with Gasteiger partial charge in [0, 0.05) is 36.0 Å². The van der Waals surface area contributed by atoms with Crippen molar-refractivity contribution in [1.29, 1.82) is 0 Å². The van der Waals surface area contributed by atoms with Crippen molar-refractivity contribution in [3.8, 4) is 0 Å². The molecule has 0 unspecified atom stereocenters. The number of aromatic nitrogens is 1. The van der Waals surface area contributed by atoms with Crippen molar-refractivity contribution in [2.45, 2.75) is 31.8 Å². The highest BCUT2D eigenvalue weighted by Crippen LogP contribution is 2.38. The van der Waals surface area contributed by atoms with E-state index in [9.17, 15) is 9.59 Å². The summed E-state index contributed by atoms with van der Waals surface area (Å²) in [5.74, 6) is 0.162. The SMILES string of the molecule is C[C@@H]1c2[nH]c3ccccc3c2C[C@H]2C(=O)N(CCC[NH+]3CCOCC3)CC(=O)N12. The number of amides is 2. The predicted octanol–water partition coefficient (Wildman–Crippen LogP) is 0.130. The van der Waals surface area contributed by atoms with Crippen molar-refractivity contribution in [2.24, 2.45) is 0 Å². The molecule has 29 heavy (non-hydrogen) atoms. The molecule has 2 aromatic rings. The minimum Gasteiger partial charge on any atom is -0.370 e. The van der Waals surface area contributed by atoms with E-state index in [-0.39, 0.29) is 30.4 Å². The number of fused-ring (bicyclic) bond motifs is 4. The maximum Gasteiger partial charge on any atom is 0.246 e. The second kappa shape index (κ2) is 7.46. The van der Waals surface area contributed by atoms with Crippen LogP contribution in [0.1, 0.15) is 30.6 Å². The number of piperazine rings is 1. The third-order valence-electron chi connectivity index (χ3n) is 6.78.